The van der Waals surface area contributed by atoms with Gasteiger partial charge in [-0.3, -0.25) is 0 Å². The molecular weight excluding hydrogens is 258 g/mol. The van der Waals surface area contributed by atoms with Gasteiger partial charge in [-0.2, -0.15) is 11.8 Å². The summed E-state index contributed by atoms with van der Waals surface area (Å²) in [5.74, 6) is 3.48. The zero-order valence-corrected chi connectivity index (χ0v) is 12.8. The number of rotatable bonds is 5. The van der Waals surface area contributed by atoms with Gasteiger partial charge < -0.3 is 5.32 Å². The van der Waals surface area contributed by atoms with Crippen molar-refractivity contribution in [3.63, 3.8) is 0 Å². The largest absolute Gasteiger partial charge is 0.309 e. The van der Waals surface area contributed by atoms with E-state index in [1.54, 1.807) is 15.3 Å². The quantitative estimate of drug-likeness (QED) is 0.859. The number of hydrogen-bond donors (Lipinski definition) is 1. The van der Waals surface area contributed by atoms with E-state index >= 15 is 0 Å². The summed E-state index contributed by atoms with van der Waals surface area (Å²) in [5.41, 5.74) is 1.63. The van der Waals surface area contributed by atoms with Crippen LogP contribution in [-0.4, -0.2) is 12.3 Å². The highest BCUT2D eigenvalue weighted by Crippen LogP contribution is 2.42. The van der Waals surface area contributed by atoms with Gasteiger partial charge in [-0.15, -0.1) is 11.3 Å². The second-order valence-electron chi connectivity index (χ2n) is 5.52. The van der Waals surface area contributed by atoms with Crippen LogP contribution in [0.25, 0.3) is 0 Å². The van der Waals surface area contributed by atoms with E-state index in [2.05, 4.69) is 41.4 Å². The van der Waals surface area contributed by atoms with Gasteiger partial charge >= 0.3 is 0 Å². The molecule has 0 aromatic carbocycles. The third-order valence-corrected chi connectivity index (χ3v) is 6.52. The number of thioether (sulfide) groups is 1. The molecule has 0 radical (unpaired) electrons. The predicted molar refractivity (Wildman–Crippen MR) is 82.6 cm³/mol. The highest BCUT2D eigenvalue weighted by atomic mass is 32.2. The fraction of sp³-hybridized carbons (Fsp3) is 0.733. The van der Waals surface area contributed by atoms with Gasteiger partial charge in [0.25, 0.3) is 0 Å². The minimum absolute atomic E-state index is 0.652. The van der Waals surface area contributed by atoms with E-state index in [0.717, 1.165) is 5.92 Å². The van der Waals surface area contributed by atoms with Crippen molar-refractivity contribution < 1.29 is 0 Å². The molecule has 1 nitrogen and oxygen atoms in total. The standard InChI is InChI=1S/C15H23NS2/c1-2-7-16-15(11-4-3-5-11)14-9-12-10-17-8-6-13(12)18-14/h9,11,15-16H,2-8,10H2,1H3. The van der Waals surface area contributed by atoms with Gasteiger partial charge in [0.2, 0.25) is 0 Å². The first-order chi connectivity index (χ1) is 8.88. The van der Waals surface area contributed by atoms with Crippen LogP contribution in [0.4, 0.5) is 0 Å². The Balaban J connectivity index is 1.77. The van der Waals surface area contributed by atoms with Crippen molar-refractivity contribution in [3.05, 3.63) is 21.4 Å². The van der Waals surface area contributed by atoms with Crippen molar-refractivity contribution in [2.24, 2.45) is 5.92 Å². The van der Waals surface area contributed by atoms with Crippen molar-refractivity contribution in [2.45, 2.75) is 50.8 Å². The van der Waals surface area contributed by atoms with Crippen molar-refractivity contribution in [1.82, 2.24) is 5.32 Å². The lowest BCUT2D eigenvalue weighted by Crippen LogP contribution is -2.32. The molecule has 3 heteroatoms. The SMILES string of the molecule is CCCNC(c1cc2c(s1)CCSC2)C1CCC1. The predicted octanol–water partition coefficient (Wildman–Crippen LogP) is 4.38. The lowest BCUT2D eigenvalue weighted by Gasteiger charge is -2.34. The summed E-state index contributed by atoms with van der Waals surface area (Å²) in [7, 11) is 0. The van der Waals surface area contributed by atoms with Crippen LogP contribution in [0.1, 0.15) is 54.0 Å². The zero-order valence-electron chi connectivity index (χ0n) is 11.2. The van der Waals surface area contributed by atoms with E-state index in [9.17, 15) is 0 Å². The molecule has 0 amide bonds. The third kappa shape index (κ3) is 2.63. The second-order valence-corrected chi connectivity index (χ2v) is 7.80. The normalized spacial score (nSPS) is 21.4. The molecule has 1 saturated carbocycles. The first kappa shape index (κ1) is 13.0. The minimum Gasteiger partial charge on any atom is -0.309 e. The molecule has 0 saturated heterocycles. The summed E-state index contributed by atoms with van der Waals surface area (Å²) in [6.45, 7) is 3.43. The molecule has 1 fully saturated rings. The van der Waals surface area contributed by atoms with Crippen LogP contribution < -0.4 is 5.32 Å². The Kier molecular flexibility index (Phi) is 4.32. The summed E-state index contributed by atoms with van der Waals surface area (Å²) >= 11 is 4.19. The summed E-state index contributed by atoms with van der Waals surface area (Å²) in [5, 5.41) is 3.80. The molecule has 0 spiro atoms. The molecule has 1 aromatic heterocycles. The van der Waals surface area contributed by atoms with E-state index in [4.69, 9.17) is 0 Å². The molecule has 1 aliphatic carbocycles. The number of hydrogen-bond acceptors (Lipinski definition) is 3. The Morgan fingerprint density at radius 2 is 2.33 bits per heavy atom. The zero-order chi connectivity index (χ0) is 12.4. The molecule has 1 atom stereocenters. The van der Waals surface area contributed by atoms with Gasteiger partial charge in [0.05, 0.1) is 0 Å². The smallest absolute Gasteiger partial charge is 0.0443 e. The maximum Gasteiger partial charge on any atom is 0.0443 e. The van der Waals surface area contributed by atoms with Gasteiger partial charge in [0.1, 0.15) is 0 Å². The fourth-order valence-electron chi connectivity index (χ4n) is 2.90. The van der Waals surface area contributed by atoms with E-state index in [-0.39, 0.29) is 0 Å². The van der Waals surface area contributed by atoms with Crippen molar-refractivity contribution in [2.75, 3.05) is 12.3 Å². The second kappa shape index (κ2) is 5.98. The Labute approximate surface area is 119 Å². The van der Waals surface area contributed by atoms with Crippen LogP contribution in [0, 0.1) is 5.92 Å². The highest BCUT2D eigenvalue weighted by molar-refractivity contribution is 7.98. The molecule has 100 valence electrons. The van der Waals surface area contributed by atoms with Gasteiger partial charge in [0, 0.05) is 21.5 Å². The van der Waals surface area contributed by atoms with E-state index < -0.39 is 0 Å². The number of nitrogens with one attached hydrogen (secondary N) is 1. The molecular formula is C15H23NS2. The minimum atomic E-state index is 0.652. The van der Waals surface area contributed by atoms with Crippen molar-refractivity contribution in [3.8, 4) is 0 Å². The van der Waals surface area contributed by atoms with Gasteiger partial charge in [-0.05, 0) is 55.5 Å². The number of aryl methyl sites for hydroxylation is 1. The number of fused-ring (bicyclic) bond motifs is 1. The lowest BCUT2D eigenvalue weighted by atomic mass is 9.79. The number of thiophene rings is 1. The summed E-state index contributed by atoms with van der Waals surface area (Å²) < 4.78 is 0. The van der Waals surface area contributed by atoms with E-state index in [1.165, 1.54) is 50.2 Å². The van der Waals surface area contributed by atoms with Gasteiger partial charge in [0.15, 0.2) is 0 Å². The molecule has 1 aromatic rings. The molecule has 2 aliphatic rings. The van der Waals surface area contributed by atoms with Crippen LogP contribution in [0.2, 0.25) is 0 Å². The van der Waals surface area contributed by atoms with Crippen molar-refractivity contribution in [1.29, 1.82) is 0 Å². The first-order valence-corrected chi connectivity index (χ1v) is 9.28. The topological polar surface area (TPSA) is 12.0 Å². The van der Waals surface area contributed by atoms with Crippen LogP contribution in [-0.2, 0) is 12.2 Å². The summed E-state index contributed by atoms with van der Waals surface area (Å²) in [6, 6.07) is 3.16. The molecule has 1 N–H and O–H groups in total. The fourth-order valence-corrected chi connectivity index (χ4v) is 5.44. The van der Waals surface area contributed by atoms with Crippen molar-refractivity contribution >= 4 is 23.1 Å². The van der Waals surface area contributed by atoms with Crippen LogP contribution in [0.15, 0.2) is 6.07 Å². The Bertz CT molecular complexity index is 372. The lowest BCUT2D eigenvalue weighted by molar-refractivity contribution is 0.234. The Morgan fingerprint density at radius 3 is 3.00 bits per heavy atom. The maximum absolute atomic E-state index is 3.80. The Hall–Kier alpha value is 0.01000. The molecule has 1 aliphatic heterocycles. The average molecular weight is 281 g/mol. The first-order valence-electron chi connectivity index (χ1n) is 7.31. The summed E-state index contributed by atoms with van der Waals surface area (Å²) in [4.78, 5) is 3.30. The monoisotopic (exact) mass is 281 g/mol. The van der Waals surface area contributed by atoms with Crippen LogP contribution in [0.3, 0.4) is 0 Å². The van der Waals surface area contributed by atoms with Gasteiger partial charge in [-0.1, -0.05) is 13.3 Å². The van der Waals surface area contributed by atoms with Crippen LogP contribution in [0.5, 0.6) is 0 Å². The van der Waals surface area contributed by atoms with Crippen LogP contribution >= 0.6 is 23.1 Å². The molecule has 3 rings (SSSR count). The van der Waals surface area contributed by atoms with E-state index in [1.807, 2.05) is 0 Å². The molecule has 1 unspecified atom stereocenters. The highest BCUT2D eigenvalue weighted by Gasteiger charge is 2.30. The Morgan fingerprint density at radius 1 is 1.44 bits per heavy atom. The summed E-state index contributed by atoms with van der Waals surface area (Å²) in [6.07, 6.45) is 6.84. The van der Waals surface area contributed by atoms with Gasteiger partial charge in [-0.25, -0.2) is 0 Å². The third-order valence-electron chi connectivity index (χ3n) is 4.19. The molecule has 2 heterocycles. The molecule has 0 bridgehead atoms. The van der Waals surface area contributed by atoms with E-state index in [0.29, 0.717) is 6.04 Å². The maximum atomic E-state index is 3.80. The average Bonchev–Trinajstić information content (AvgIpc) is 2.75. The molecule has 18 heavy (non-hydrogen) atoms.